The molecular weight excluding hydrogens is 156 g/mol. The van der Waals surface area contributed by atoms with Gasteiger partial charge in [-0.1, -0.05) is 18.8 Å². The second-order valence-electron chi connectivity index (χ2n) is 2.52. The first-order valence-corrected chi connectivity index (χ1v) is 3.75. The van der Waals surface area contributed by atoms with E-state index in [2.05, 4.69) is 11.9 Å². The summed E-state index contributed by atoms with van der Waals surface area (Å²) in [6, 6.07) is 0. The van der Waals surface area contributed by atoms with Crippen molar-refractivity contribution in [2.24, 2.45) is 5.73 Å². The minimum Gasteiger partial charge on any atom is -0.401 e. The number of rotatable bonds is 2. The lowest BCUT2D eigenvalue weighted by molar-refractivity contribution is 1.06. The Balaban J connectivity index is 4.52. The number of nitrogens with two attached hydrogens (primary N) is 1. The van der Waals surface area contributed by atoms with E-state index in [-0.39, 0.29) is 0 Å². The third kappa shape index (κ3) is 3.78. The summed E-state index contributed by atoms with van der Waals surface area (Å²) < 4.78 is 0. The minimum absolute atomic E-state index is 0.702. The summed E-state index contributed by atoms with van der Waals surface area (Å²) >= 11 is 4.87. The second-order valence-corrected chi connectivity index (χ2v) is 3.13. The van der Waals surface area contributed by atoms with E-state index in [4.69, 9.17) is 18.0 Å². The van der Waals surface area contributed by atoms with Gasteiger partial charge in [0.1, 0.15) is 0 Å². The van der Waals surface area contributed by atoms with Crippen LogP contribution < -0.4 is 11.1 Å². The van der Waals surface area contributed by atoms with Crippen LogP contribution in [0.1, 0.15) is 20.8 Å². The highest BCUT2D eigenvalue weighted by Crippen LogP contribution is 2.05. The lowest BCUT2D eigenvalue weighted by Gasteiger charge is -2.10. The van der Waals surface area contributed by atoms with Gasteiger partial charge in [-0.2, -0.15) is 0 Å². The first kappa shape index (κ1) is 10.2. The van der Waals surface area contributed by atoms with Crippen LogP contribution in [0.5, 0.6) is 0 Å². The Hall–Kier alpha value is -0.830. The van der Waals surface area contributed by atoms with Crippen molar-refractivity contribution in [3.8, 4) is 0 Å². The average molecular weight is 170 g/mol. The van der Waals surface area contributed by atoms with Gasteiger partial charge in [0.15, 0.2) is 0 Å². The third-order valence-corrected chi connectivity index (χ3v) is 1.22. The number of allylic oxidation sites excluding steroid dienone is 2. The summed E-state index contributed by atoms with van der Waals surface area (Å²) in [5.41, 5.74) is 8.02. The molecule has 3 heteroatoms. The van der Waals surface area contributed by atoms with E-state index in [0.29, 0.717) is 10.7 Å². The largest absolute Gasteiger partial charge is 0.401 e. The molecule has 0 fully saturated rings. The summed E-state index contributed by atoms with van der Waals surface area (Å²) in [5.74, 6) is 0. The first-order chi connectivity index (χ1) is 4.95. The molecule has 0 spiro atoms. The molecule has 0 bridgehead atoms. The van der Waals surface area contributed by atoms with Crippen LogP contribution in [0.4, 0.5) is 0 Å². The molecule has 0 saturated heterocycles. The predicted octanol–water partition coefficient (Wildman–Crippen LogP) is 1.69. The monoisotopic (exact) mass is 170 g/mol. The molecule has 0 amide bonds. The number of thiocarbonyl (C=S) groups is 1. The molecular formula is C8H14N2S. The van der Waals surface area contributed by atoms with Gasteiger partial charge in [0, 0.05) is 5.70 Å². The number of hydrogen-bond acceptors (Lipinski definition) is 2. The molecule has 0 atom stereocenters. The van der Waals surface area contributed by atoms with E-state index >= 15 is 0 Å². The minimum atomic E-state index is 0.702. The fraction of sp³-hybridized carbons (Fsp3) is 0.375. The van der Waals surface area contributed by atoms with E-state index in [1.165, 1.54) is 0 Å². The van der Waals surface area contributed by atoms with E-state index in [1.807, 2.05) is 13.8 Å². The quantitative estimate of drug-likeness (QED) is 0.489. The smallest absolute Gasteiger partial charge is 0.0766 e. The van der Waals surface area contributed by atoms with E-state index in [1.54, 1.807) is 6.92 Å². The van der Waals surface area contributed by atoms with Gasteiger partial charge in [-0.05, 0) is 26.3 Å². The van der Waals surface area contributed by atoms with Crippen LogP contribution in [-0.4, -0.2) is 4.99 Å². The van der Waals surface area contributed by atoms with Crippen molar-refractivity contribution in [3.63, 3.8) is 0 Å². The van der Waals surface area contributed by atoms with Gasteiger partial charge in [0.2, 0.25) is 0 Å². The van der Waals surface area contributed by atoms with Crippen molar-refractivity contribution in [2.45, 2.75) is 20.8 Å². The molecule has 0 aromatic rings. The summed E-state index contributed by atoms with van der Waals surface area (Å²) in [7, 11) is 0. The molecule has 0 radical (unpaired) electrons. The zero-order valence-electron chi connectivity index (χ0n) is 7.19. The van der Waals surface area contributed by atoms with Crippen LogP contribution in [0.2, 0.25) is 0 Å². The Bertz CT molecular complexity index is 212. The van der Waals surface area contributed by atoms with E-state index in [0.717, 1.165) is 11.3 Å². The molecule has 11 heavy (non-hydrogen) atoms. The Morgan fingerprint density at radius 3 is 1.91 bits per heavy atom. The van der Waals surface area contributed by atoms with Gasteiger partial charge in [0.05, 0.1) is 10.7 Å². The van der Waals surface area contributed by atoms with E-state index in [9.17, 15) is 0 Å². The van der Waals surface area contributed by atoms with Crippen molar-refractivity contribution >= 4 is 17.2 Å². The second kappa shape index (κ2) is 4.13. The molecule has 3 N–H and O–H groups in total. The van der Waals surface area contributed by atoms with Crippen LogP contribution in [0, 0.1) is 0 Å². The van der Waals surface area contributed by atoms with Crippen LogP contribution >= 0.6 is 12.2 Å². The molecule has 62 valence electrons. The van der Waals surface area contributed by atoms with Gasteiger partial charge in [0.25, 0.3) is 0 Å². The van der Waals surface area contributed by atoms with Gasteiger partial charge < -0.3 is 11.1 Å². The normalized spacial score (nSPS) is 11.9. The zero-order valence-corrected chi connectivity index (χ0v) is 8.01. The van der Waals surface area contributed by atoms with Crippen molar-refractivity contribution in [3.05, 3.63) is 23.5 Å². The zero-order chi connectivity index (χ0) is 9.02. The topological polar surface area (TPSA) is 38.0 Å². The molecule has 0 unspecified atom stereocenters. The van der Waals surface area contributed by atoms with Crippen LogP contribution in [0.3, 0.4) is 0 Å². The van der Waals surface area contributed by atoms with Gasteiger partial charge in [-0.3, -0.25) is 0 Å². The fourth-order valence-electron chi connectivity index (χ4n) is 0.718. The highest BCUT2D eigenvalue weighted by molar-refractivity contribution is 7.80. The molecule has 0 aliphatic rings. The lowest BCUT2D eigenvalue weighted by Crippen LogP contribution is -2.21. The maximum Gasteiger partial charge on any atom is 0.0766 e. The van der Waals surface area contributed by atoms with E-state index < -0.39 is 0 Å². The van der Waals surface area contributed by atoms with Crippen molar-refractivity contribution < 1.29 is 0 Å². The maximum absolute atomic E-state index is 5.58. The standard InChI is InChI=1S/C8H14N2S/c1-5(2)8(6(3)9)10-7(4)11/h1,9H2,2-4H3,(H,10,11)/b8-6-. The Morgan fingerprint density at radius 1 is 1.36 bits per heavy atom. The maximum atomic E-state index is 5.58. The SMILES string of the molecule is C=C(C)/C(NC(C)=S)=C(\C)N. The average Bonchev–Trinajstić information content (AvgIpc) is 1.81. The molecule has 0 aromatic carbocycles. The summed E-state index contributed by atoms with van der Waals surface area (Å²) in [4.78, 5) is 0.702. The molecule has 0 rings (SSSR count). The number of nitrogens with one attached hydrogen (secondary N) is 1. The van der Waals surface area contributed by atoms with Gasteiger partial charge in [-0.15, -0.1) is 0 Å². The molecule has 0 aliphatic heterocycles. The van der Waals surface area contributed by atoms with Crippen LogP contribution in [0.25, 0.3) is 0 Å². The third-order valence-electron chi connectivity index (χ3n) is 1.12. The summed E-state index contributed by atoms with van der Waals surface area (Å²) in [6.07, 6.45) is 0. The summed E-state index contributed by atoms with van der Waals surface area (Å²) in [6.45, 7) is 9.28. The lowest BCUT2D eigenvalue weighted by atomic mass is 10.2. The fourth-order valence-corrected chi connectivity index (χ4v) is 0.820. The molecule has 0 heterocycles. The van der Waals surface area contributed by atoms with Gasteiger partial charge in [-0.25, -0.2) is 0 Å². The predicted molar refractivity (Wildman–Crippen MR) is 53.1 cm³/mol. The molecule has 0 aromatic heterocycles. The highest BCUT2D eigenvalue weighted by Gasteiger charge is 1.99. The molecule has 2 nitrogen and oxygen atoms in total. The van der Waals surface area contributed by atoms with Crippen molar-refractivity contribution in [1.82, 2.24) is 5.32 Å². The van der Waals surface area contributed by atoms with Crippen molar-refractivity contribution in [2.75, 3.05) is 0 Å². The molecule has 0 aliphatic carbocycles. The number of hydrogen-bond donors (Lipinski definition) is 2. The Labute approximate surface area is 73.2 Å². The van der Waals surface area contributed by atoms with Crippen LogP contribution in [-0.2, 0) is 0 Å². The Morgan fingerprint density at radius 2 is 1.82 bits per heavy atom. The van der Waals surface area contributed by atoms with Gasteiger partial charge >= 0.3 is 0 Å². The Kier molecular flexibility index (Phi) is 3.82. The van der Waals surface area contributed by atoms with Crippen molar-refractivity contribution in [1.29, 1.82) is 0 Å². The van der Waals surface area contributed by atoms with Crippen LogP contribution in [0.15, 0.2) is 23.5 Å². The first-order valence-electron chi connectivity index (χ1n) is 3.35. The highest BCUT2D eigenvalue weighted by atomic mass is 32.1. The summed E-state index contributed by atoms with van der Waals surface area (Å²) in [5, 5.41) is 2.97. The molecule has 0 saturated carbocycles.